The van der Waals surface area contributed by atoms with Crippen molar-refractivity contribution in [1.29, 1.82) is 0 Å². The highest BCUT2D eigenvalue weighted by Crippen LogP contribution is 2.28. The van der Waals surface area contributed by atoms with Crippen molar-refractivity contribution in [3.63, 3.8) is 0 Å². The molecule has 2 aromatic rings. The van der Waals surface area contributed by atoms with Gasteiger partial charge in [-0.1, -0.05) is 19.9 Å². The van der Waals surface area contributed by atoms with Gasteiger partial charge in [0, 0.05) is 42.4 Å². The Bertz CT molecular complexity index is 603. The van der Waals surface area contributed by atoms with E-state index in [0.29, 0.717) is 12.1 Å². The first-order valence-electron chi connectivity index (χ1n) is 7.99. The summed E-state index contributed by atoms with van der Waals surface area (Å²) in [6.07, 6.45) is 3.10. The Labute approximate surface area is 127 Å². The number of fused-ring (bicyclic) bond motifs is 1. The van der Waals surface area contributed by atoms with Gasteiger partial charge in [0.2, 0.25) is 0 Å². The molecule has 3 nitrogen and oxygen atoms in total. The standard InChI is InChI=1S/C18H25N3/c1-13(2)10-15-12-21(14(3)11-20-15)18-8-4-7-17-16(18)6-5-9-19-17/h4-9,13-15,20H,10-12H2,1-3H3. The molecule has 0 amide bonds. The molecule has 1 aliphatic rings. The summed E-state index contributed by atoms with van der Waals surface area (Å²) in [6.45, 7) is 9.02. The normalized spacial score (nSPS) is 23.0. The average molecular weight is 283 g/mol. The molecular formula is C18H25N3. The number of nitrogens with one attached hydrogen (secondary N) is 1. The fourth-order valence-electron chi connectivity index (χ4n) is 3.33. The summed E-state index contributed by atoms with van der Waals surface area (Å²) in [4.78, 5) is 7.04. The largest absolute Gasteiger partial charge is 0.365 e. The second-order valence-corrected chi connectivity index (χ2v) is 6.58. The molecule has 0 radical (unpaired) electrons. The predicted molar refractivity (Wildman–Crippen MR) is 89.8 cm³/mol. The van der Waals surface area contributed by atoms with Crippen LogP contribution < -0.4 is 10.2 Å². The fraction of sp³-hybridized carbons (Fsp3) is 0.500. The topological polar surface area (TPSA) is 28.2 Å². The van der Waals surface area contributed by atoms with Crippen LogP contribution in [0.1, 0.15) is 27.2 Å². The second-order valence-electron chi connectivity index (χ2n) is 6.58. The van der Waals surface area contributed by atoms with Gasteiger partial charge in [0.05, 0.1) is 5.52 Å². The molecule has 21 heavy (non-hydrogen) atoms. The van der Waals surface area contributed by atoms with Gasteiger partial charge in [-0.25, -0.2) is 0 Å². The molecule has 0 saturated carbocycles. The number of pyridine rings is 1. The summed E-state index contributed by atoms with van der Waals surface area (Å²) in [5.74, 6) is 0.729. The zero-order valence-electron chi connectivity index (χ0n) is 13.2. The van der Waals surface area contributed by atoms with E-state index in [4.69, 9.17) is 0 Å². The molecule has 1 aliphatic heterocycles. The molecule has 1 saturated heterocycles. The van der Waals surface area contributed by atoms with Gasteiger partial charge >= 0.3 is 0 Å². The third kappa shape index (κ3) is 3.03. The van der Waals surface area contributed by atoms with Crippen LogP contribution in [0, 0.1) is 5.92 Å². The minimum atomic E-state index is 0.513. The number of piperazine rings is 1. The molecule has 2 atom stereocenters. The number of rotatable bonds is 3. The van der Waals surface area contributed by atoms with E-state index in [-0.39, 0.29) is 0 Å². The summed E-state index contributed by atoms with van der Waals surface area (Å²) >= 11 is 0. The number of hydrogen-bond acceptors (Lipinski definition) is 3. The molecule has 1 aromatic carbocycles. The van der Waals surface area contributed by atoms with E-state index < -0.39 is 0 Å². The molecule has 1 fully saturated rings. The summed E-state index contributed by atoms with van der Waals surface area (Å²) in [7, 11) is 0. The number of anilines is 1. The highest BCUT2D eigenvalue weighted by molar-refractivity contribution is 5.91. The summed E-state index contributed by atoms with van der Waals surface area (Å²) < 4.78 is 0. The smallest absolute Gasteiger partial charge is 0.0722 e. The van der Waals surface area contributed by atoms with Crippen molar-refractivity contribution in [2.75, 3.05) is 18.0 Å². The molecule has 0 bridgehead atoms. The Morgan fingerprint density at radius 1 is 1.29 bits per heavy atom. The van der Waals surface area contributed by atoms with Gasteiger partial charge < -0.3 is 10.2 Å². The molecule has 2 unspecified atom stereocenters. The quantitative estimate of drug-likeness (QED) is 0.935. The molecular weight excluding hydrogens is 258 g/mol. The molecule has 0 aliphatic carbocycles. The molecule has 3 rings (SSSR count). The first-order valence-corrected chi connectivity index (χ1v) is 7.99. The zero-order valence-corrected chi connectivity index (χ0v) is 13.2. The van der Waals surface area contributed by atoms with E-state index in [9.17, 15) is 0 Å². The van der Waals surface area contributed by atoms with E-state index in [1.54, 1.807) is 0 Å². The van der Waals surface area contributed by atoms with Crippen LogP contribution in [-0.4, -0.2) is 30.2 Å². The van der Waals surface area contributed by atoms with Crippen molar-refractivity contribution >= 4 is 16.6 Å². The van der Waals surface area contributed by atoms with E-state index in [0.717, 1.165) is 24.5 Å². The Hall–Kier alpha value is -1.61. The van der Waals surface area contributed by atoms with Crippen LogP contribution in [0.2, 0.25) is 0 Å². The maximum absolute atomic E-state index is 4.49. The highest BCUT2D eigenvalue weighted by Gasteiger charge is 2.26. The SMILES string of the molecule is CC(C)CC1CN(c2cccc3ncccc23)C(C)CN1. The summed E-state index contributed by atoms with van der Waals surface area (Å²) in [5.41, 5.74) is 2.41. The van der Waals surface area contributed by atoms with Gasteiger partial charge in [-0.3, -0.25) is 4.98 Å². The van der Waals surface area contributed by atoms with Gasteiger partial charge in [-0.05, 0) is 43.5 Å². The van der Waals surface area contributed by atoms with Crippen LogP contribution in [0.5, 0.6) is 0 Å². The van der Waals surface area contributed by atoms with Crippen molar-refractivity contribution in [3.05, 3.63) is 36.5 Å². The lowest BCUT2D eigenvalue weighted by molar-refractivity contribution is 0.356. The van der Waals surface area contributed by atoms with Crippen molar-refractivity contribution in [3.8, 4) is 0 Å². The first-order chi connectivity index (χ1) is 10.1. The molecule has 112 valence electrons. The lowest BCUT2D eigenvalue weighted by Crippen LogP contribution is -2.56. The van der Waals surface area contributed by atoms with Crippen LogP contribution in [0.3, 0.4) is 0 Å². The minimum absolute atomic E-state index is 0.513. The van der Waals surface area contributed by atoms with Crippen LogP contribution in [0.4, 0.5) is 5.69 Å². The average Bonchev–Trinajstić information content (AvgIpc) is 2.48. The van der Waals surface area contributed by atoms with Crippen LogP contribution in [-0.2, 0) is 0 Å². The Morgan fingerprint density at radius 3 is 2.95 bits per heavy atom. The summed E-state index contributed by atoms with van der Waals surface area (Å²) in [5, 5.41) is 4.95. The second kappa shape index (κ2) is 6.02. The van der Waals surface area contributed by atoms with E-state index in [2.05, 4.69) is 60.2 Å². The minimum Gasteiger partial charge on any atom is -0.365 e. The highest BCUT2D eigenvalue weighted by atomic mass is 15.2. The van der Waals surface area contributed by atoms with Crippen molar-refractivity contribution in [2.45, 2.75) is 39.3 Å². The molecule has 3 heteroatoms. The Kier molecular flexibility index (Phi) is 4.11. The van der Waals surface area contributed by atoms with Crippen LogP contribution in [0.25, 0.3) is 10.9 Å². The summed E-state index contributed by atoms with van der Waals surface area (Å²) in [6, 6.07) is 11.8. The third-order valence-electron chi connectivity index (χ3n) is 4.34. The van der Waals surface area contributed by atoms with Gasteiger partial charge in [0.25, 0.3) is 0 Å². The molecule has 2 heterocycles. The Morgan fingerprint density at radius 2 is 2.14 bits per heavy atom. The van der Waals surface area contributed by atoms with Gasteiger partial charge in [0.15, 0.2) is 0 Å². The number of hydrogen-bond donors (Lipinski definition) is 1. The van der Waals surface area contributed by atoms with Gasteiger partial charge in [-0.2, -0.15) is 0 Å². The van der Waals surface area contributed by atoms with Gasteiger partial charge in [0.1, 0.15) is 0 Å². The maximum atomic E-state index is 4.49. The number of aromatic nitrogens is 1. The van der Waals surface area contributed by atoms with Gasteiger partial charge in [-0.15, -0.1) is 0 Å². The molecule has 1 aromatic heterocycles. The predicted octanol–water partition coefficient (Wildman–Crippen LogP) is 3.45. The number of benzene rings is 1. The first kappa shape index (κ1) is 14.3. The van der Waals surface area contributed by atoms with Crippen LogP contribution >= 0.6 is 0 Å². The van der Waals surface area contributed by atoms with E-state index in [1.807, 2.05) is 12.3 Å². The van der Waals surface area contributed by atoms with E-state index >= 15 is 0 Å². The third-order valence-corrected chi connectivity index (χ3v) is 4.34. The molecule has 1 N–H and O–H groups in total. The van der Waals surface area contributed by atoms with Crippen LogP contribution in [0.15, 0.2) is 36.5 Å². The maximum Gasteiger partial charge on any atom is 0.0722 e. The van der Waals surface area contributed by atoms with Crippen molar-refractivity contribution in [2.24, 2.45) is 5.92 Å². The van der Waals surface area contributed by atoms with Crippen molar-refractivity contribution < 1.29 is 0 Å². The lowest BCUT2D eigenvalue weighted by Gasteiger charge is -2.41. The molecule has 0 spiro atoms. The monoisotopic (exact) mass is 283 g/mol. The fourth-order valence-corrected chi connectivity index (χ4v) is 3.33. The lowest BCUT2D eigenvalue weighted by atomic mass is 9.99. The Balaban J connectivity index is 1.92. The zero-order chi connectivity index (χ0) is 14.8. The number of nitrogens with zero attached hydrogens (tertiary/aromatic N) is 2. The van der Waals surface area contributed by atoms with E-state index in [1.165, 1.54) is 17.5 Å². The van der Waals surface area contributed by atoms with Crippen molar-refractivity contribution in [1.82, 2.24) is 10.3 Å².